The van der Waals surface area contributed by atoms with E-state index in [-0.39, 0.29) is 18.4 Å². The molecule has 18 heavy (non-hydrogen) atoms. The molecule has 0 bridgehead atoms. The number of carbonyl (C=O) groups excluding carboxylic acids is 1. The monoisotopic (exact) mass is 321 g/mol. The number of aliphatic carboxylic acids is 1. The number of likely N-dealkylation sites (tertiary alicyclic amines) is 1. The Kier molecular flexibility index (Phi) is 5.16. The summed E-state index contributed by atoms with van der Waals surface area (Å²) < 4.78 is 5.50. The minimum atomic E-state index is -1.01. The number of carboxylic acid groups (broad SMARTS) is 1. The van der Waals surface area contributed by atoms with Gasteiger partial charge in [0, 0.05) is 18.3 Å². The van der Waals surface area contributed by atoms with Crippen LogP contribution in [-0.2, 0) is 14.3 Å². The summed E-state index contributed by atoms with van der Waals surface area (Å²) in [5, 5.41) is 9.93. The van der Waals surface area contributed by atoms with Crippen molar-refractivity contribution in [1.29, 1.82) is 0 Å². The summed E-state index contributed by atoms with van der Waals surface area (Å²) in [7, 11) is 0. The highest BCUT2D eigenvalue weighted by Crippen LogP contribution is 2.23. The third-order valence-corrected chi connectivity index (χ3v) is 3.71. The van der Waals surface area contributed by atoms with Crippen molar-refractivity contribution in [2.24, 2.45) is 5.92 Å². The number of hydrogen-bond acceptors (Lipinski definition) is 3. The maximum Gasteiger partial charge on any atom is 0.328 e. The Morgan fingerprint density at radius 1 is 1.61 bits per heavy atom. The summed E-state index contributed by atoms with van der Waals surface area (Å²) >= 11 is 3.33. The van der Waals surface area contributed by atoms with Crippen molar-refractivity contribution in [2.75, 3.05) is 18.5 Å². The third kappa shape index (κ3) is 4.24. The fraction of sp³-hybridized carbons (Fsp3) is 0.833. The van der Waals surface area contributed by atoms with Gasteiger partial charge in [-0.25, -0.2) is 4.79 Å². The van der Waals surface area contributed by atoms with E-state index in [0.717, 1.165) is 0 Å². The standard InChI is InChI=1S/C12H20BrNO4/c1-12(2,3)18-7-9(11(16)17)14-6-8(5-13)4-10(14)15/h8-9H,4-7H2,1-3H3,(H,16,17)/t8?,9-/m0/s1. The molecule has 1 aliphatic rings. The SMILES string of the molecule is CC(C)(C)OC[C@@H](C(=O)O)N1CC(CBr)CC1=O. The number of halogens is 1. The minimum Gasteiger partial charge on any atom is -0.480 e. The Morgan fingerprint density at radius 3 is 2.61 bits per heavy atom. The summed E-state index contributed by atoms with van der Waals surface area (Å²) in [4.78, 5) is 24.5. The number of ether oxygens (including phenoxy) is 1. The number of rotatable bonds is 5. The Balaban J connectivity index is 2.68. The van der Waals surface area contributed by atoms with Crippen molar-refractivity contribution in [3.63, 3.8) is 0 Å². The maximum atomic E-state index is 11.8. The molecule has 104 valence electrons. The molecule has 0 aromatic rings. The summed E-state index contributed by atoms with van der Waals surface area (Å²) in [5.74, 6) is -0.929. The molecule has 1 rings (SSSR count). The van der Waals surface area contributed by atoms with Crippen molar-refractivity contribution in [2.45, 2.75) is 38.8 Å². The van der Waals surface area contributed by atoms with Crippen LogP contribution in [-0.4, -0.2) is 52.0 Å². The van der Waals surface area contributed by atoms with Gasteiger partial charge in [0.2, 0.25) is 5.91 Å². The van der Waals surface area contributed by atoms with Gasteiger partial charge in [0.25, 0.3) is 0 Å². The molecule has 6 heteroatoms. The number of carboxylic acids is 1. The van der Waals surface area contributed by atoms with Crippen molar-refractivity contribution < 1.29 is 19.4 Å². The molecule has 5 nitrogen and oxygen atoms in total. The Bertz CT molecular complexity index is 327. The van der Waals surface area contributed by atoms with Gasteiger partial charge < -0.3 is 14.7 Å². The van der Waals surface area contributed by atoms with Crippen LogP contribution >= 0.6 is 15.9 Å². The van der Waals surface area contributed by atoms with Crippen LogP contribution in [0.25, 0.3) is 0 Å². The second-order valence-electron chi connectivity index (χ2n) is 5.55. The second-order valence-corrected chi connectivity index (χ2v) is 6.20. The molecule has 1 saturated heterocycles. The van der Waals surface area contributed by atoms with E-state index in [2.05, 4.69) is 15.9 Å². The van der Waals surface area contributed by atoms with Crippen LogP contribution < -0.4 is 0 Å². The highest BCUT2D eigenvalue weighted by Gasteiger charge is 2.37. The average molecular weight is 322 g/mol. The van der Waals surface area contributed by atoms with E-state index in [4.69, 9.17) is 4.74 Å². The third-order valence-electron chi connectivity index (χ3n) is 2.79. The van der Waals surface area contributed by atoms with Crippen LogP contribution in [0.5, 0.6) is 0 Å². The van der Waals surface area contributed by atoms with E-state index in [1.54, 1.807) is 0 Å². The normalized spacial score (nSPS) is 22.3. The van der Waals surface area contributed by atoms with E-state index in [9.17, 15) is 14.7 Å². The zero-order valence-corrected chi connectivity index (χ0v) is 12.6. The molecule has 0 spiro atoms. The molecule has 1 unspecified atom stereocenters. The summed E-state index contributed by atoms with van der Waals surface area (Å²) in [6, 6.07) is -0.888. The molecule has 0 radical (unpaired) electrons. The van der Waals surface area contributed by atoms with Gasteiger partial charge in [-0.3, -0.25) is 4.79 Å². The largest absolute Gasteiger partial charge is 0.480 e. The molecular weight excluding hydrogens is 302 g/mol. The quantitative estimate of drug-likeness (QED) is 0.779. The fourth-order valence-electron chi connectivity index (χ4n) is 1.84. The number of amides is 1. The topological polar surface area (TPSA) is 66.8 Å². The van der Waals surface area contributed by atoms with Crippen molar-refractivity contribution in [3.8, 4) is 0 Å². The predicted octanol–water partition coefficient (Wildman–Crippen LogP) is 1.50. The maximum absolute atomic E-state index is 11.8. The Hall–Kier alpha value is -0.620. The molecule has 0 saturated carbocycles. The van der Waals surface area contributed by atoms with Gasteiger partial charge in [-0.05, 0) is 26.7 Å². The zero-order chi connectivity index (χ0) is 13.9. The van der Waals surface area contributed by atoms with Crippen LogP contribution in [0, 0.1) is 5.92 Å². The van der Waals surface area contributed by atoms with E-state index in [0.29, 0.717) is 18.3 Å². The van der Waals surface area contributed by atoms with Crippen molar-refractivity contribution >= 4 is 27.8 Å². The molecule has 1 heterocycles. The average Bonchev–Trinajstić information content (AvgIpc) is 2.58. The predicted molar refractivity (Wildman–Crippen MR) is 70.7 cm³/mol. The lowest BCUT2D eigenvalue weighted by Crippen LogP contribution is -2.46. The molecule has 1 aliphatic heterocycles. The molecule has 1 amide bonds. The number of carbonyl (C=O) groups is 2. The summed E-state index contributed by atoms with van der Waals surface area (Å²) in [5.41, 5.74) is -0.411. The molecule has 2 atom stereocenters. The van der Waals surface area contributed by atoms with E-state index >= 15 is 0 Å². The first-order chi connectivity index (χ1) is 8.24. The van der Waals surface area contributed by atoms with E-state index < -0.39 is 17.6 Å². The van der Waals surface area contributed by atoms with Gasteiger partial charge in [0.15, 0.2) is 6.04 Å². The number of nitrogens with zero attached hydrogens (tertiary/aromatic N) is 1. The Morgan fingerprint density at radius 2 is 2.22 bits per heavy atom. The highest BCUT2D eigenvalue weighted by atomic mass is 79.9. The molecule has 0 aromatic carbocycles. The molecule has 1 N–H and O–H groups in total. The first-order valence-electron chi connectivity index (χ1n) is 5.97. The number of alkyl halides is 1. The number of hydrogen-bond donors (Lipinski definition) is 1. The van der Waals surface area contributed by atoms with Crippen LogP contribution in [0.3, 0.4) is 0 Å². The van der Waals surface area contributed by atoms with Crippen molar-refractivity contribution in [1.82, 2.24) is 4.90 Å². The van der Waals surface area contributed by atoms with Crippen LogP contribution in [0.1, 0.15) is 27.2 Å². The van der Waals surface area contributed by atoms with Gasteiger partial charge in [-0.1, -0.05) is 15.9 Å². The van der Waals surface area contributed by atoms with Crippen LogP contribution in [0.15, 0.2) is 0 Å². The first-order valence-corrected chi connectivity index (χ1v) is 7.09. The molecule has 0 aliphatic carbocycles. The second kappa shape index (κ2) is 6.02. The lowest BCUT2D eigenvalue weighted by Gasteiger charge is -2.28. The van der Waals surface area contributed by atoms with Gasteiger partial charge >= 0.3 is 5.97 Å². The zero-order valence-electron chi connectivity index (χ0n) is 11.0. The van der Waals surface area contributed by atoms with E-state index in [1.165, 1.54) is 4.90 Å². The summed E-state index contributed by atoms with van der Waals surface area (Å²) in [6.45, 7) is 6.09. The van der Waals surface area contributed by atoms with Gasteiger partial charge in [0.1, 0.15) is 0 Å². The van der Waals surface area contributed by atoms with Crippen LogP contribution in [0.2, 0.25) is 0 Å². The molecule has 1 fully saturated rings. The lowest BCUT2D eigenvalue weighted by molar-refractivity contribution is -0.153. The van der Waals surface area contributed by atoms with Gasteiger partial charge in [0.05, 0.1) is 12.2 Å². The van der Waals surface area contributed by atoms with Gasteiger partial charge in [-0.2, -0.15) is 0 Å². The van der Waals surface area contributed by atoms with E-state index in [1.807, 2.05) is 20.8 Å². The highest BCUT2D eigenvalue weighted by molar-refractivity contribution is 9.09. The lowest BCUT2D eigenvalue weighted by atomic mass is 10.1. The summed E-state index contributed by atoms with van der Waals surface area (Å²) in [6.07, 6.45) is 0.407. The smallest absolute Gasteiger partial charge is 0.328 e. The Labute approximate surface area is 116 Å². The van der Waals surface area contributed by atoms with Crippen LogP contribution in [0.4, 0.5) is 0 Å². The fourth-order valence-corrected chi connectivity index (χ4v) is 2.27. The molecular formula is C12H20BrNO4. The first kappa shape index (κ1) is 15.4. The minimum absolute atomic E-state index is 0.0274. The van der Waals surface area contributed by atoms with Gasteiger partial charge in [-0.15, -0.1) is 0 Å². The van der Waals surface area contributed by atoms with Crippen molar-refractivity contribution in [3.05, 3.63) is 0 Å². The molecule has 0 aromatic heterocycles.